The largest absolute Gasteiger partial charge is 0.497 e. The van der Waals surface area contributed by atoms with Crippen LogP contribution in [0.4, 0.5) is 0 Å². The van der Waals surface area contributed by atoms with E-state index in [-0.39, 0.29) is 23.8 Å². The number of ether oxygens (including phenoxy) is 2. The maximum absolute atomic E-state index is 13.2. The minimum absolute atomic E-state index is 0.00655. The maximum Gasteiger partial charge on any atom is 0.261 e. The van der Waals surface area contributed by atoms with Crippen molar-refractivity contribution in [3.8, 4) is 11.5 Å². The van der Waals surface area contributed by atoms with Crippen LogP contribution in [-0.2, 0) is 21.5 Å². The van der Waals surface area contributed by atoms with Gasteiger partial charge >= 0.3 is 0 Å². The highest BCUT2D eigenvalue weighted by molar-refractivity contribution is 9.10. The predicted octanol–water partition coefficient (Wildman–Crippen LogP) is 5.47. The molecule has 2 aromatic rings. The highest BCUT2D eigenvalue weighted by atomic mass is 79.9. The number of methoxy groups -OCH3 is 1. The van der Waals surface area contributed by atoms with Crippen molar-refractivity contribution in [2.75, 3.05) is 20.3 Å². The van der Waals surface area contributed by atoms with Crippen molar-refractivity contribution in [3.05, 3.63) is 58.1 Å². The van der Waals surface area contributed by atoms with Gasteiger partial charge in [0.2, 0.25) is 5.91 Å². The van der Waals surface area contributed by atoms with Crippen LogP contribution >= 0.6 is 15.9 Å². The maximum atomic E-state index is 13.2. The molecule has 2 amide bonds. The van der Waals surface area contributed by atoms with E-state index < -0.39 is 6.04 Å². The number of halogens is 1. The Kier molecular flexibility index (Phi) is 10.4. The number of hydrogen-bond donors (Lipinski definition) is 1. The third-order valence-electron chi connectivity index (χ3n) is 5.66. The first-order valence-corrected chi connectivity index (χ1v) is 12.5. The van der Waals surface area contributed by atoms with Gasteiger partial charge in [0.25, 0.3) is 5.91 Å². The molecule has 0 saturated heterocycles. The Morgan fingerprint density at radius 1 is 1.12 bits per heavy atom. The smallest absolute Gasteiger partial charge is 0.261 e. The Morgan fingerprint density at radius 3 is 2.35 bits per heavy atom. The van der Waals surface area contributed by atoms with Gasteiger partial charge in [-0.2, -0.15) is 0 Å². The fourth-order valence-corrected chi connectivity index (χ4v) is 3.85. The fraction of sp³-hybridized carbons (Fsp3) is 0.481. The Bertz CT molecular complexity index is 954. The molecule has 1 N–H and O–H groups in total. The lowest BCUT2D eigenvalue weighted by atomic mass is 9.87. The number of benzene rings is 2. The van der Waals surface area contributed by atoms with Crippen LogP contribution in [0.5, 0.6) is 11.5 Å². The molecular formula is C27H37BrN2O4. The van der Waals surface area contributed by atoms with Gasteiger partial charge in [0.15, 0.2) is 6.61 Å². The summed E-state index contributed by atoms with van der Waals surface area (Å²) in [6.45, 7) is 11.0. The van der Waals surface area contributed by atoms with Crippen LogP contribution in [0.15, 0.2) is 46.9 Å². The predicted molar refractivity (Wildman–Crippen MR) is 139 cm³/mol. The summed E-state index contributed by atoms with van der Waals surface area (Å²) in [6, 6.07) is 12.7. The minimum atomic E-state index is -0.637. The van der Waals surface area contributed by atoms with E-state index >= 15 is 0 Å². The van der Waals surface area contributed by atoms with Gasteiger partial charge in [-0.1, -0.05) is 52.3 Å². The van der Waals surface area contributed by atoms with Crippen molar-refractivity contribution in [1.82, 2.24) is 10.2 Å². The quantitative estimate of drug-likeness (QED) is 0.389. The molecule has 0 saturated carbocycles. The van der Waals surface area contributed by atoms with E-state index in [0.29, 0.717) is 18.8 Å². The second kappa shape index (κ2) is 12.8. The Morgan fingerprint density at radius 2 is 1.79 bits per heavy atom. The SMILES string of the molecule is CCCCNC(=O)C(C)N(Cc1ccc(OC)cc1)C(=O)COc1ccc(C(C)(C)C)cc1Br. The first kappa shape index (κ1) is 27.7. The summed E-state index contributed by atoms with van der Waals surface area (Å²) in [7, 11) is 1.61. The van der Waals surface area contributed by atoms with Crippen LogP contribution < -0.4 is 14.8 Å². The van der Waals surface area contributed by atoms with Gasteiger partial charge in [-0.15, -0.1) is 0 Å². The highest BCUT2D eigenvalue weighted by Gasteiger charge is 2.26. The molecule has 2 rings (SSSR count). The second-order valence-corrected chi connectivity index (χ2v) is 10.2. The zero-order valence-electron chi connectivity index (χ0n) is 21.1. The van der Waals surface area contributed by atoms with E-state index in [2.05, 4.69) is 48.9 Å². The molecule has 0 bridgehead atoms. The summed E-state index contributed by atoms with van der Waals surface area (Å²) in [6.07, 6.45) is 1.88. The molecule has 0 heterocycles. The van der Waals surface area contributed by atoms with Gasteiger partial charge in [0.1, 0.15) is 17.5 Å². The van der Waals surface area contributed by atoms with E-state index in [0.717, 1.165) is 34.2 Å². The van der Waals surface area contributed by atoms with Crippen molar-refractivity contribution < 1.29 is 19.1 Å². The topological polar surface area (TPSA) is 67.9 Å². The van der Waals surface area contributed by atoms with Crippen molar-refractivity contribution in [3.63, 3.8) is 0 Å². The van der Waals surface area contributed by atoms with Crippen molar-refractivity contribution >= 4 is 27.7 Å². The lowest BCUT2D eigenvalue weighted by Crippen LogP contribution is -2.49. The molecule has 0 fully saturated rings. The van der Waals surface area contributed by atoms with E-state index in [1.165, 1.54) is 0 Å². The van der Waals surface area contributed by atoms with Gasteiger partial charge in [0, 0.05) is 13.1 Å². The molecule has 34 heavy (non-hydrogen) atoms. The van der Waals surface area contributed by atoms with E-state index in [9.17, 15) is 9.59 Å². The number of rotatable bonds is 11. The van der Waals surface area contributed by atoms with Crippen LogP contribution in [0.1, 0.15) is 58.6 Å². The van der Waals surface area contributed by atoms with Gasteiger partial charge in [0.05, 0.1) is 11.6 Å². The molecule has 1 unspecified atom stereocenters. The summed E-state index contributed by atoms with van der Waals surface area (Å²) in [5.41, 5.74) is 2.07. The number of nitrogens with zero attached hydrogens (tertiary/aromatic N) is 1. The number of hydrogen-bond acceptors (Lipinski definition) is 4. The first-order chi connectivity index (χ1) is 16.1. The standard InChI is InChI=1S/C27H37BrN2O4/c1-7-8-15-29-26(32)19(2)30(17-20-9-12-22(33-6)13-10-20)25(31)18-34-24-14-11-21(16-23(24)28)27(3,4)5/h9-14,16,19H,7-8,15,17-18H2,1-6H3,(H,29,32). The number of amides is 2. The van der Waals surface area contributed by atoms with E-state index in [4.69, 9.17) is 9.47 Å². The molecule has 0 aliphatic carbocycles. The van der Waals surface area contributed by atoms with Crippen molar-refractivity contribution in [1.29, 1.82) is 0 Å². The number of carbonyl (C=O) groups excluding carboxylic acids is 2. The normalized spacial score (nSPS) is 12.1. The van der Waals surface area contributed by atoms with Crippen molar-refractivity contribution in [2.24, 2.45) is 0 Å². The first-order valence-electron chi connectivity index (χ1n) is 11.7. The summed E-state index contributed by atoms with van der Waals surface area (Å²) >= 11 is 3.56. The van der Waals surface area contributed by atoms with Crippen LogP contribution in [0.3, 0.4) is 0 Å². The number of nitrogens with one attached hydrogen (secondary N) is 1. The molecule has 0 radical (unpaired) electrons. The molecule has 0 aliphatic heterocycles. The molecule has 7 heteroatoms. The zero-order chi connectivity index (χ0) is 25.3. The monoisotopic (exact) mass is 532 g/mol. The molecule has 0 spiro atoms. The summed E-state index contributed by atoms with van der Waals surface area (Å²) < 4.78 is 11.9. The van der Waals surface area contributed by atoms with Gasteiger partial charge in [-0.3, -0.25) is 9.59 Å². The fourth-order valence-electron chi connectivity index (χ4n) is 3.35. The molecule has 6 nitrogen and oxygen atoms in total. The summed E-state index contributed by atoms with van der Waals surface area (Å²) in [5.74, 6) is 0.886. The van der Waals surface area contributed by atoms with Gasteiger partial charge in [-0.05, 0) is 70.1 Å². The summed E-state index contributed by atoms with van der Waals surface area (Å²) in [5, 5.41) is 2.92. The average Bonchev–Trinajstić information content (AvgIpc) is 2.81. The third-order valence-corrected chi connectivity index (χ3v) is 6.28. The number of unbranched alkanes of at least 4 members (excludes halogenated alkanes) is 1. The second-order valence-electron chi connectivity index (χ2n) is 9.37. The van der Waals surface area contributed by atoms with Crippen LogP contribution in [0.2, 0.25) is 0 Å². The molecule has 2 aromatic carbocycles. The lowest BCUT2D eigenvalue weighted by Gasteiger charge is -2.29. The van der Waals surface area contributed by atoms with Crippen LogP contribution in [0, 0.1) is 0 Å². The molecule has 0 aromatic heterocycles. The zero-order valence-corrected chi connectivity index (χ0v) is 22.7. The van der Waals surface area contributed by atoms with Crippen LogP contribution in [-0.4, -0.2) is 43.0 Å². The third kappa shape index (κ3) is 8.05. The van der Waals surface area contributed by atoms with Gasteiger partial charge in [-0.25, -0.2) is 0 Å². The minimum Gasteiger partial charge on any atom is -0.497 e. The number of carbonyl (C=O) groups is 2. The summed E-state index contributed by atoms with van der Waals surface area (Å²) in [4.78, 5) is 27.5. The molecule has 186 valence electrons. The Labute approximate surface area is 212 Å². The Hall–Kier alpha value is -2.54. The van der Waals surface area contributed by atoms with Gasteiger partial charge < -0.3 is 19.7 Å². The highest BCUT2D eigenvalue weighted by Crippen LogP contribution is 2.31. The molecular weight excluding hydrogens is 496 g/mol. The average molecular weight is 534 g/mol. The van der Waals surface area contributed by atoms with Crippen molar-refractivity contribution in [2.45, 2.75) is 65.5 Å². The molecule has 1 atom stereocenters. The lowest BCUT2D eigenvalue weighted by molar-refractivity contribution is -0.142. The van der Waals surface area contributed by atoms with E-state index in [1.54, 1.807) is 18.9 Å². The Balaban J connectivity index is 2.16. The van der Waals surface area contributed by atoms with Crippen LogP contribution in [0.25, 0.3) is 0 Å². The van der Waals surface area contributed by atoms with E-state index in [1.807, 2.05) is 42.5 Å². The molecule has 0 aliphatic rings.